The molecule has 190 valence electrons. The van der Waals surface area contributed by atoms with Crippen LogP contribution in [0, 0.1) is 30.0 Å². The van der Waals surface area contributed by atoms with Gasteiger partial charge in [-0.3, -0.25) is 4.79 Å². The van der Waals surface area contributed by atoms with E-state index in [-0.39, 0.29) is 17.1 Å². The number of nitrogens with zero attached hydrogens (tertiary/aromatic N) is 4. The number of piperidine rings is 1. The van der Waals surface area contributed by atoms with Crippen molar-refractivity contribution >= 4 is 16.8 Å². The first-order valence-electron chi connectivity index (χ1n) is 13.1. The monoisotopic (exact) mass is 512 g/mol. The van der Waals surface area contributed by atoms with Gasteiger partial charge in [-0.15, -0.1) is 0 Å². The average molecular weight is 513 g/mol. The molecule has 1 aromatic heterocycles. The SMILES string of the molecule is Cc1cc2c(cnn2-c2ccc(F)cc2)cc1[C@]12CN(C(=O)c3cccc(C#N)c3)CC1[C@@H]2c1ccccc1. The lowest BCUT2D eigenvalue weighted by molar-refractivity contribution is 0.0769. The smallest absolute Gasteiger partial charge is 0.253 e. The molecule has 2 aliphatic rings. The number of benzene rings is 4. The number of aryl methyl sites for hydroxylation is 1. The number of hydrogen-bond donors (Lipinski definition) is 0. The molecule has 3 atom stereocenters. The fourth-order valence-electron chi connectivity index (χ4n) is 6.79. The maximum absolute atomic E-state index is 13.6. The van der Waals surface area contributed by atoms with Crippen molar-refractivity contribution in [1.82, 2.24) is 14.7 Å². The molecule has 1 aliphatic carbocycles. The van der Waals surface area contributed by atoms with E-state index < -0.39 is 0 Å². The van der Waals surface area contributed by atoms with E-state index >= 15 is 0 Å². The molecule has 0 bridgehead atoms. The molecule has 7 rings (SSSR count). The predicted molar refractivity (Wildman–Crippen MR) is 147 cm³/mol. The van der Waals surface area contributed by atoms with E-state index in [1.165, 1.54) is 23.3 Å². The molecule has 0 spiro atoms. The van der Waals surface area contributed by atoms with Gasteiger partial charge >= 0.3 is 0 Å². The van der Waals surface area contributed by atoms with Crippen molar-refractivity contribution in [3.8, 4) is 11.8 Å². The molecule has 5 nitrogen and oxygen atoms in total. The second-order valence-corrected chi connectivity index (χ2v) is 10.7. The van der Waals surface area contributed by atoms with Crippen LogP contribution in [0.3, 0.4) is 0 Å². The number of likely N-dealkylation sites (tertiary alicyclic amines) is 1. The topological polar surface area (TPSA) is 61.9 Å². The Labute approximate surface area is 225 Å². The highest BCUT2D eigenvalue weighted by molar-refractivity contribution is 5.95. The Morgan fingerprint density at radius 1 is 1.03 bits per heavy atom. The highest BCUT2D eigenvalue weighted by atomic mass is 19.1. The third kappa shape index (κ3) is 3.58. The van der Waals surface area contributed by atoms with Gasteiger partial charge in [-0.05, 0) is 84.1 Å². The summed E-state index contributed by atoms with van der Waals surface area (Å²) < 4.78 is 15.4. The van der Waals surface area contributed by atoms with Crippen molar-refractivity contribution in [2.24, 2.45) is 5.92 Å². The summed E-state index contributed by atoms with van der Waals surface area (Å²) in [5, 5.41) is 14.9. The van der Waals surface area contributed by atoms with E-state index in [1.54, 1.807) is 36.4 Å². The maximum Gasteiger partial charge on any atom is 0.253 e. The minimum atomic E-state index is -0.279. The zero-order chi connectivity index (χ0) is 26.7. The lowest BCUT2D eigenvalue weighted by Gasteiger charge is -2.26. The van der Waals surface area contributed by atoms with Crippen molar-refractivity contribution < 1.29 is 9.18 Å². The summed E-state index contributed by atoms with van der Waals surface area (Å²) >= 11 is 0. The summed E-state index contributed by atoms with van der Waals surface area (Å²) in [6.07, 6.45) is 1.86. The molecule has 0 N–H and O–H groups in total. The Hall–Kier alpha value is -4.76. The Bertz CT molecular complexity index is 1790. The Morgan fingerprint density at radius 3 is 2.59 bits per heavy atom. The zero-order valence-electron chi connectivity index (χ0n) is 21.4. The number of carbonyl (C=O) groups excluding carboxylic acids is 1. The minimum Gasteiger partial charge on any atom is -0.337 e. The fourth-order valence-corrected chi connectivity index (χ4v) is 6.79. The molecule has 1 saturated heterocycles. The molecule has 1 saturated carbocycles. The van der Waals surface area contributed by atoms with Crippen molar-refractivity contribution in [2.45, 2.75) is 18.3 Å². The van der Waals surface area contributed by atoms with Crippen LogP contribution >= 0.6 is 0 Å². The Morgan fingerprint density at radius 2 is 1.82 bits per heavy atom. The lowest BCUT2D eigenvalue weighted by Crippen LogP contribution is -2.34. The van der Waals surface area contributed by atoms with Crippen LogP contribution in [0.1, 0.15) is 38.5 Å². The number of amides is 1. The summed E-state index contributed by atoms with van der Waals surface area (Å²) in [5.74, 6) is 0.301. The van der Waals surface area contributed by atoms with Crippen LogP contribution in [0.4, 0.5) is 4.39 Å². The number of aromatic nitrogens is 2. The van der Waals surface area contributed by atoms with Crippen molar-refractivity contribution in [1.29, 1.82) is 5.26 Å². The lowest BCUT2D eigenvalue weighted by atomic mass is 9.86. The van der Waals surface area contributed by atoms with E-state index in [0.717, 1.165) is 22.2 Å². The van der Waals surface area contributed by atoms with Gasteiger partial charge in [0.25, 0.3) is 5.91 Å². The van der Waals surface area contributed by atoms with Gasteiger partial charge in [0.05, 0.1) is 29.0 Å². The van der Waals surface area contributed by atoms with Gasteiger partial charge < -0.3 is 4.90 Å². The predicted octanol–water partition coefficient (Wildman–Crippen LogP) is 6.15. The van der Waals surface area contributed by atoms with Crippen LogP contribution in [0.25, 0.3) is 16.6 Å². The van der Waals surface area contributed by atoms with E-state index in [4.69, 9.17) is 0 Å². The summed E-state index contributed by atoms with van der Waals surface area (Å²) in [6.45, 7) is 3.41. The average Bonchev–Trinajstić information content (AvgIpc) is 3.23. The number of halogens is 1. The largest absolute Gasteiger partial charge is 0.337 e. The van der Waals surface area contributed by atoms with Crippen LogP contribution in [0.15, 0.2) is 97.2 Å². The van der Waals surface area contributed by atoms with Crippen LogP contribution in [0.5, 0.6) is 0 Å². The van der Waals surface area contributed by atoms with Crippen LogP contribution in [-0.2, 0) is 5.41 Å². The van der Waals surface area contributed by atoms with E-state index in [9.17, 15) is 14.4 Å². The summed E-state index contributed by atoms with van der Waals surface area (Å²) in [7, 11) is 0. The minimum absolute atomic E-state index is 0.0339. The quantitative estimate of drug-likeness (QED) is 0.290. The van der Waals surface area contributed by atoms with Gasteiger partial charge in [-0.1, -0.05) is 36.4 Å². The summed E-state index contributed by atoms with van der Waals surface area (Å²) in [5.41, 5.74) is 6.30. The number of hydrogen-bond acceptors (Lipinski definition) is 3. The summed E-state index contributed by atoms with van der Waals surface area (Å²) in [4.78, 5) is 15.5. The van der Waals surface area contributed by atoms with Gasteiger partial charge in [-0.25, -0.2) is 9.07 Å². The van der Waals surface area contributed by atoms with E-state index in [0.29, 0.717) is 36.1 Å². The van der Waals surface area contributed by atoms with E-state index in [2.05, 4.69) is 54.5 Å². The van der Waals surface area contributed by atoms with Gasteiger partial charge in [0.1, 0.15) is 5.82 Å². The van der Waals surface area contributed by atoms with Gasteiger partial charge in [0.2, 0.25) is 0 Å². The highest BCUT2D eigenvalue weighted by Gasteiger charge is 2.70. The second-order valence-electron chi connectivity index (χ2n) is 10.7. The third-order valence-electron chi connectivity index (χ3n) is 8.55. The number of nitriles is 1. The molecule has 1 unspecified atom stereocenters. The molecular weight excluding hydrogens is 487 g/mol. The second kappa shape index (κ2) is 8.64. The van der Waals surface area contributed by atoms with Crippen molar-refractivity contribution in [2.75, 3.05) is 13.1 Å². The molecule has 1 amide bonds. The molecule has 1 aliphatic heterocycles. The molecule has 2 fully saturated rings. The number of carbonyl (C=O) groups is 1. The molecule has 39 heavy (non-hydrogen) atoms. The Kier molecular flexibility index (Phi) is 5.18. The van der Waals surface area contributed by atoms with Crippen LogP contribution < -0.4 is 0 Å². The maximum atomic E-state index is 13.6. The van der Waals surface area contributed by atoms with Gasteiger partial charge in [-0.2, -0.15) is 10.4 Å². The fraction of sp³-hybridized carbons (Fsp3) is 0.182. The zero-order valence-corrected chi connectivity index (χ0v) is 21.4. The number of rotatable bonds is 4. The van der Waals surface area contributed by atoms with Crippen molar-refractivity contribution in [3.05, 3.63) is 131 Å². The summed E-state index contributed by atoms with van der Waals surface area (Å²) in [6, 6.07) is 30.4. The Balaban J connectivity index is 1.30. The van der Waals surface area contributed by atoms with Gasteiger partial charge in [0, 0.05) is 35.4 Å². The van der Waals surface area contributed by atoms with Crippen molar-refractivity contribution in [3.63, 3.8) is 0 Å². The molecular formula is C33H25FN4O. The van der Waals surface area contributed by atoms with Crippen LogP contribution in [-0.4, -0.2) is 33.7 Å². The normalized spacial score (nSPS) is 21.5. The van der Waals surface area contributed by atoms with E-state index in [1.807, 2.05) is 21.8 Å². The molecule has 6 heteroatoms. The van der Waals surface area contributed by atoms with Crippen LogP contribution in [0.2, 0.25) is 0 Å². The molecule has 2 heterocycles. The first-order valence-corrected chi connectivity index (χ1v) is 13.1. The highest BCUT2D eigenvalue weighted by Crippen LogP contribution is 2.69. The molecule has 4 aromatic carbocycles. The first-order chi connectivity index (χ1) is 19.0. The number of fused-ring (bicyclic) bond motifs is 2. The third-order valence-corrected chi connectivity index (χ3v) is 8.55. The molecule has 0 radical (unpaired) electrons. The van der Waals surface area contributed by atoms with Gasteiger partial charge in [0.15, 0.2) is 0 Å². The first kappa shape index (κ1) is 23.4. The standard InChI is InChI=1S/C33H25FN4O/c1-21-14-30-25(18-36-38(30)27-12-10-26(34)11-13-27)16-28(21)33-20-37(32(39)24-9-5-6-22(15-24)17-35)19-29(33)31(33)23-7-3-2-4-8-23/h2-16,18,29,31H,19-20H2,1H3/t29?,31-,33+/m0/s1. The molecule has 5 aromatic rings.